The smallest absolute Gasteiger partial charge is 0.328 e. The van der Waals surface area contributed by atoms with Crippen LogP contribution in [0, 0.1) is 0 Å². The van der Waals surface area contributed by atoms with E-state index in [1.54, 1.807) is 25.2 Å². The molecular weight excluding hydrogens is 334 g/mol. The van der Waals surface area contributed by atoms with Crippen molar-refractivity contribution in [2.75, 3.05) is 21.3 Å². The van der Waals surface area contributed by atoms with Crippen molar-refractivity contribution in [3.05, 3.63) is 58.7 Å². The summed E-state index contributed by atoms with van der Waals surface area (Å²) in [6.07, 6.45) is 0.374. The maximum atomic E-state index is 13.0. The van der Waals surface area contributed by atoms with Crippen molar-refractivity contribution >= 4 is 11.9 Å². The van der Waals surface area contributed by atoms with E-state index in [1.807, 2.05) is 30.3 Å². The molecule has 2 aromatic carbocycles. The largest absolute Gasteiger partial charge is 0.493 e. The molecule has 0 fully saturated rings. The lowest BCUT2D eigenvalue weighted by atomic mass is 9.86. The molecule has 0 unspecified atom stereocenters. The van der Waals surface area contributed by atoms with Gasteiger partial charge in [-0.3, -0.25) is 4.79 Å². The number of esters is 1. The van der Waals surface area contributed by atoms with Gasteiger partial charge in [0.2, 0.25) is 0 Å². The lowest BCUT2D eigenvalue weighted by molar-refractivity contribution is -0.146. The van der Waals surface area contributed by atoms with Crippen molar-refractivity contribution in [3.8, 4) is 11.5 Å². The van der Waals surface area contributed by atoms with Crippen LogP contribution in [-0.4, -0.2) is 44.1 Å². The summed E-state index contributed by atoms with van der Waals surface area (Å²) in [5, 5.41) is 0. The Bertz CT molecular complexity index is 907. The van der Waals surface area contributed by atoms with E-state index in [4.69, 9.17) is 14.2 Å². The Hall–Kier alpha value is -3.02. The lowest BCUT2D eigenvalue weighted by Crippen LogP contribution is -2.48. The van der Waals surface area contributed by atoms with E-state index < -0.39 is 12.0 Å². The molecule has 0 aliphatic carbocycles. The first kappa shape index (κ1) is 16.4. The fourth-order valence-electron chi connectivity index (χ4n) is 3.98. The molecule has 0 saturated carbocycles. The summed E-state index contributed by atoms with van der Waals surface area (Å²) in [5.41, 5.74) is 3.40. The van der Waals surface area contributed by atoms with Crippen molar-refractivity contribution in [1.29, 1.82) is 0 Å². The summed E-state index contributed by atoms with van der Waals surface area (Å²) >= 11 is 0. The van der Waals surface area contributed by atoms with Gasteiger partial charge in [-0.25, -0.2) is 4.79 Å². The van der Waals surface area contributed by atoms with E-state index in [-0.39, 0.29) is 11.9 Å². The Balaban J connectivity index is 1.95. The zero-order valence-electron chi connectivity index (χ0n) is 14.8. The second-order valence-electron chi connectivity index (χ2n) is 6.35. The number of carbonyl (C=O) groups excluding carboxylic acids is 2. The van der Waals surface area contributed by atoms with Crippen molar-refractivity contribution in [3.63, 3.8) is 0 Å². The van der Waals surface area contributed by atoms with Gasteiger partial charge in [0.25, 0.3) is 5.91 Å². The van der Waals surface area contributed by atoms with Gasteiger partial charge in [0.15, 0.2) is 11.5 Å². The standard InChI is InChI=1S/C20H19NO5/c1-24-16-9-11-8-15(20(23)26-3)21-18(14(11)10-17(16)25-2)12-6-4-5-7-13(12)19(21)22/h4-7,9-10,15,18H,8H2,1-3H3/t15-,18+/m0/s1. The summed E-state index contributed by atoms with van der Waals surface area (Å²) in [6, 6.07) is 10.2. The van der Waals surface area contributed by atoms with Crippen molar-refractivity contribution in [2.24, 2.45) is 0 Å². The highest BCUT2D eigenvalue weighted by atomic mass is 16.5. The number of nitrogens with zero attached hydrogens (tertiary/aromatic N) is 1. The first-order valence-electron chi connectivity index (χ1n) is 8.35. The van der Waals surface area contributed by atoms with E-state index in [0.29, 0.717) is 23.5 Å². The molecule has 0 saturated heterocycles. The maximum absolute atomic E-state index is 13.0. The van der Waals surface area contributed by atoms with Crippen LogP contribution < -0.4 is 9.47 Å². The second kappa shape index (κ2) is 6.05. The number of hydrogen-bond donors (Lipinski definition) is 0. The molecule has 6 heteroatoms. The average molecular weight is 353 g/mol. The Morgan fingerprint density at radius 1 is 1.04 bits per heavy atom. The van der Waals surface area contributed by atoms with Gasteiger partial charge < -0.3 is 19.1 Å². The van der Waals surface area contributed by atoms with Gasteiger partial charge in [-0.2, -0.15) is 0 Å². The zero-order chi connectivity index (χ0) is 18.4. The summed E-state index contributed by atoms with van der Waals surface area (Å²) in [6.45, 7) is 0. The fourth-order valence-corrected chi connectivity index (χ4v) is 3.98. The Labute approximate surface area is 151 Å². The Kier molecular flexibility index (Phi) is 3.83. The molecule has 134 valence electrons. The molecule has 0 spiro atoms. The van der Waals surface area contributed by atoms with Crippen LogP contribution in [0.3, 0.4) is 0 Å². The normalized spacial score (nSPS) is 20.1. The van der Waals surface area contributed by atoms with Crippen molar-refractivity contribution in [1.82, 2.24) is 4.90 Å². The van der Waals surface area contributed by atoms with Gasteiger partial charge in [-0.1, -0.05) is 18.2 Å². The highest BCUT2D eigenvalue weighted by Gasteiger charge is 2.48. The zero-order valence-corrected chi connectivity index (χ0v) is 14.8. The number of amides is 1. The Morgan fingerprint density at radius 2 is 1.73 bits per heavy atom. The summed E-state index contributed by atoms with van der Waals surface area (Å²) in [4.78, 5) is 27.1. The molecule has 6 nitrogen and oxygen atoms in total. The van der Waals surface area contributed by atoms with Gasteiger partial charge in [0.1, 0.15) is 6.04 Å². The molecular formula is C20H19NO5. The number of benzene rings is 2. The molecule has 2 aliphatic rings. The van der Waals surface area contributed by atoms with Gasteiger partial charge >= 0.3 is 5.97 Å². The van der Waals surface area contributed by atoms with Gasteiger partial charge in [0.05, 0.1) is 27.4 Å². The summed E-state index contributed by atoms with van der Waals surface area (Å²) in [5.74, 6) is 0.624. The molecule has 0 radical (unpaired) electrons. The topological polar surface area (TPSA) is 65.1 Å². The third-order valence-electron chi connectivity index (χ3n) is 5.16. The SMILES string of the molecule is COC(=O)[C@@H]1Cc2cc(OC)c(OC)cc2[C@H]2c3ccccc3C(=O)N21. The molecule has 1 amide bonds. The molecule has 4 rings (SSSR count). The minimum absolute atomic E-state index is 0.151. The van der Waals surface area contributed by atoms with Gasteiger partial charge in [-0.05, 0) is 34.9 Å². The van der Waals surface area contributed by atoms with Crippen LogP contribution in [0.2, 0.25) is 0 Å². The van der Waals surface area contributed by atoms with E-state index in [1.165, 1.54) is 7.11 Å². The van der Waals surface area contributed by atoms with Crippen molar-refractivity contribution < 1.29 is 23.8 Å². The monoisotopic (exact) mass is 353 g/mol. The first-order valence-corrected chi connectivity index (χ1v) is 8.35. The van der Waals surface area contributed by atoms with Crippen molar-refractivity contribution in [2.45, 2.75) is 18.5 Å². The highest BCUT2D eigenvalue weighted by Crippen LogP contribution is 2.47. The number of methoxy groups -OCH3 is 3. The number of ether oxygens (including phenoxy) is 3. The van der Waals surface area contributed by atoms with E-state index >= 15 is 0 Å². The highest BCUT2D eigenvalue weighted by molar-refractivity contribution is 6.02. The first-order chi connectivity index (χ1) is 12.6. The van der Waals surface area contributed by atoms with Crippen LogP contribution in [0.5, 0.6) is 11.5 Å². The number of hydrogen-bond acceptors (Lipinski definition) is 5. The number of fused-ring (bicyclic) bond motifs is 5. The van der Waals surface area contributed by atoms with Crippen LogP contribution in [0.1, 0.15) is 33.1 Å². The Morgan fingerprint density at radius 3 is 2.42 bits per heavy atom. The van der Waals surface area contributed by atoms with E-state index in [0.717, 1.165) is 16.7 Å². The van der Waals surface area contributed by atoms with Crippen LogP contribution in [0.4, 0.5) is 0 Å². The predicted molar refractivity (Wildman–Crippen MR) is 93.5 cm³/mol. The van der Waals surface area contributed by atoms with Gasteiger partial charge in [0, 0.05) is 12.0 Å². The fraction of sp³-hybridized carbons (Fsp3) is 0.300. The van der Waals surface area contributed by atoms with E-state index in [2.05, 4.69) is 0 Å². The van der Waals surface area contributed by atoms with Crippen LogP contribution in [-0.2, 0) is 16.0 Å². The molecule has 0 aromatic heterocycles. The minimum atomic E-state index is -0.671. The second-order valence-corrected chi connectivity index (χ2v) is 6.35. The number of rotatable bonds is 3. The van der Waals surface area contributed by atoms with E-state index in [9.17, 15) is 9.59 Å². The predicted octanol–water partition coefficient (Wildman–Crippen LogP) is 2.35. The minimum Gasteiger partial charge on any atom is -0.493 e. The van der Waals surface area contributed by atoms with Crippen LogP contribution >= 0.6 is 0 Å². The number of carbonyl (C=O) groups is 2. The third-order valence-corrected chi connectivity index (χ3v) is 5.16. The molecule has 2 heterocycles. The van der Waals surface area contributed by atoms with Crippen LogP contribution in [0.15, 0.2) is 36.4 Å². The molecule has 2 aliphatic heterocycles. The lowest BCUT2D eigenvalue weighted by Gasteiger charge is -2.38. The molecule has 2 aromatic rings. The molecule has 2 atom stereocenters. The third kappa shape index (κ3) is 2.18. The van der Waals surface area contributed by atoms with Crippen LogP contribution in [0.25, 0.3) is 0 Å². The van der Waals surface area contributed by atoms with Gasteiger partial charge in [-0.15, -0.1) is 0 Å². The maximum Gasteiger partial charge on any atom is 0.328 e. The summed E-state index contributed by atoms with van der Waals surface area (Å²) < 4.78 is 15.8. The summed E-state index contributed by atoms with van der Waals surface area (Å²) in [7, 11) is 4.50. The average Bonchev–Trinajstić information content (AvgIpc) is 2.99. The quantitative estimate of drug-likeness (QED) is 0.793. The molecule has 0 N–H and O–H groups in total. The molecule has 26 heavy (non-hydrogen) atoms. The molecule has 0 bridgehead atoms.